The number of rotatable bonds is 6. The van der Waals surface area contributed by atoms with E-state index in [4.69, 9.17) is 0 Å². The zero-order chi connectivity index (χ0) is 37.5. The van der Waals surface area contributed by atoms with Crippen molar-refractivity contribution in [1.82, 2.24) is 29.0 Å². The topological polar surface area (TPSA) is 207 Å². The second kappa shape index (κ2) is 12.0. The Labute approximate surface area is 298 Å². The molecule has 8 rings (SSSR count). The van der Waals surface area contributed by atoms with Crippen LogP contribution in [-0.2, 0) is 43.0 Å². The third-order valence-electron chi connectivity index (χ3n) is 9.56. The fourth-order valence-corrected chi connectivity index (χ4v) is 8.21. The van der Waals surface area contributed by atoms with Gasteiger partial charge in [-0.05, 0) is 78.4 Å². The largest absolute Gasteiger partial charge is 0.506 e. The summed E-state index contributed by atoms with van der Waals surface area (Å²) in [5.74, 6) is -3.94. The van der Waals surface area contributed by atoms with Crippen molar-refractivity contribution >= 4 is 77.9 Å². The molecule has 0 bridgehead atoms. The van der Waals surface area contributed by atoms with Crippen LogP contribution in [0, 0.1) is 12.7 Å². The van der Waals surface area contributed by atoms with Crippen LogP contribution < -0.4 is 25.4 Å². The van der Waals surface area contributed by atoms with E-state index in [1.807, 2.05) is 37.3 Å². The molecule has 2 aliphatic rings. The molecule has 0 spiro atoms. The van der Waals surface area contributed by atoms with E-state index in [2.05, 4.69) is 15.7 Å². The molecular weight excluding hydrogens is 711 g/mol. The Morgan fingerprint density at radius 1 is 0.962 bits per heavy atom. The lowest BCUT2D eigenvalue weighted by molar-refractivity contribution is -0.135. The number of anilines is 2. The van der Waals surface area contributed by atoms with Crippen LogP contribution in [0.25, 0.3) is 43.8 Å². The lowest BCUT2D eigenvalue weighted by atomic mass is 10.0. The maximum absolute atomic E-state index is 15.5. The molecule has 0 aliphatic carbocycles. The number of nitrogens with zero attached hydrogens (tertiary/aromatic N) is 5. The maximum atomic E-state index is 15.5. The van der Waals surface area contributed by atoms with Crippen molar-refractivity contribution in [2.45, 2.75) is 32.4 Å². The molecule has 6 aromatic rings. The van der Waals surface area contributed by atoms with Crippen molar-refractivity contribution in [3.63, 3.8) is 0 Å². The number of aryl methyl sites for hydroxylation is 2. The number of imide groups is 1. The van der Waals surface area contributed by atoms with Gasteiger partial charge in [-0.2, -0.15) is 13.5 Å². The molecule has 4 heterocycles. The summed E-state index contributed by atoms with van der Waals surface area (Å²) < 4.78 is 46.6. The summed E-state index contributed by atoms with van der Waals surface area (Å²) in [6.07, 6.45) is 0.373. The van der Waals surface area contributed by atoms with E-state index in [-0.39, 0.29) is 47.4 Å². The van der Waals surface area contributed by atoms with Gasteiger partial charge in [-0.15, -0.1) is 0 Å². The van der Waals surface area contributed by atoms with Crippen LogP contribution in [0.2, 0.25) is 0 Å². The number of phenolic OH excluding ortho intramolecular Hbond substituents is 1. The number of aromatic nitrogens is 4. The predicted molar refractivity (Wildman–Crippen MR) is 191 cm³/mol. The van der Waals surface area contributed by atoms with Crippen molar-refractivity contribution in [2.75, 3.05) is 16.2 Å². The molecule has 1 atom stereocenters. The highest BCUT2D eigenvalue weighted by molar-refractivity contribution is 7.92. The molecule has 16 nitrogen and oxygen atoms in total. The van der Waals surface area contributed by atoms with E-state index in [0.717, 1.165) is 22.6 Å². The normalized spacial score (nSPS) is 17.2. The van der Waals surface area contributed by atoms with Gasteiger partial charge in [-0.3, -0.25) is 38.3 Å². The molecule has 2 aromatic heterocycles. The number of nitrogens with one attached hydrogen (secondary N) is 3. The molecule has 0 saturated carbocycles. The second-order valence-electron chi connectivity index (χ2n) is 12.9. The van der Waals surface area contributed by atoms with Crippen LogP contribution >= 0.6 is 0 Å². The van der Waals surface area contributed by atoms with Crippen LogP contribution in [0.15, 0.2) is 65.5 Å². The monoisotopic (exact) mass is 740 g/mol. The first-order valence-corrected chi connectivity index (χ1v) is 17.7. The molecule has 0 radical (unpaired) electrons. The van der Waals surface area contributed by atoms with Crippen molar-refractivity contribution in [1.29, 1.82) is 0 Å². The standard InChI is InChI=1S/C35H29FN8O8S/c1-17-23-12-18(19-4-8-25-27(13-19)41(2)35(50)44(25)26-9-10-29(46)38-34(26)49)3-7-24(23)42(39-17)15-30(47)37-21-5-6-22-20(11-21)14-28(45)33(32(22)36)43-16-31(48)40-53(43,51)52/h3-8,11-14,26,45H,9-10,15-16H2,1-2H3,(H,37,47)(H,40,48)(H,38,46,49). The van der Waals surface area contributed by atoms with Gasteiger partial charge in [-0.1, -0.05) is 12.1 Å². The van der Waals surface area contributed by atoms with Gasteiger partial charge in [-0.25, -0.2) is 18.2 Å². The molecule has 4 N–H and O–H groups in total. The van der Waals surface area contributed by atoms with E-state index < -0.39 is 57.8 Å². The molecule has 2 fully saturated rings. The SMILES string of the molecule is Cc1nn(CC(=O)Nc2ccc3c(F)c(N4CC(=O)NS4(=O)=O)c(O)cc3c2)c2ccc(-c3ccc4c(c3)n(C)c(=O)n4C3CCC(=O)NC3=O)cc12. The number of hydrogen-bond donors (Lipinski definition) is 4. The number of halogens is 1. The van der Waals surface area contributed by atoms with Gasteiger partial charge in [0, 0.05) is 29.9 Å². The van der Waals surface area contributed by atoms with Crippen LogP contribution in [0.5, 0.6) is 5.75 Å². The highest BCUT2D eigenvalue weighted by Gasteiger charge is 2.38. The summed E-state index contributed by atoms with van der Waals surface area (Å²) in [5, 5.41) is 21.1. The first kappa shape index (κ1) is 33.6. The third-order valence-corrected chi connectivity index (χ3v) is 10.9. The average molecular weight is 741 g/mol. The minimum absolute atomic E-state index is 0.0388. The quantitative estimate of drug-likeness (QED) is 0.185. The zero-order valence-electron chi connectivity index (χ0n) is 28.0. The summed E-state index contributed by atoms with van der Waals surface area (Å²) in [6.45, 7) is 0.956. The third kappa shape index (κ3) is 5.54. The van der Waals surface area contributed by atoms with Gasteiger partial charge in [0.05, 0.1) is 22.2 Å². The lowest BCUT2D eigenvalue weighted by Crippen LogP contribution is -2.44. The fourth-order valence-electron chi connectivity index (χ4n) is 7.05. The van der Waals surface area contributed by atoms with Gasteiger partial charge in [0.1, 0.15) is 30.6 Å². The van der Waals surface area contributed by atoms with Gasteiger partial charge in [0.25, 0.3) is 5.91 Å². The zero-order valence-corrected chi connectivity index (χ0v) is 28.8. The number of carbonyl (C=O) groups is 4. The highest BCUT2D eigenvalue weighted by atomic mass is 32.2. The predicted octanol–water partition coefficient (Wildman–Crippen LogP) is 2.46. The van der Waals surface area contributed by atoms with E-state index in [1.54, 1.807) is 22.5 Å². The van der Waals surface area contributed by atoms with Gasteiger partial charge in [0.2, 0.25) is 17.7 Å². The summed E-state index contributed by atoms with van der Waals surface area (Å²) in [7, 11) is -2.74. The number of aromatic hydroxyl groups is 1. The molecular formula is C35H29FN8O8S. The molecule has 18 heteroatoms. The molecule has 2 saturated heterocycles. The Hall–Kier alpha value is -6.56. The van der Waals surface area contributed by atoms with E-state index in [9.17, 15) is 37.5 Å². The number of carbonyl (C=O) groups excluding carboxylic acids is 4. The lowest BCUT2D eigenvalue weighted by Gasteiger charge is -2.21. The van der Waals surface area contributed by atoms with Gasteiger partial charge < -0.3 is 10.4 Å². The van der Waals surface area contributed by atoms with Crippen molar-refractivity contribution in [3.8, 4) is 16.9 Å². The first-order valence-electron chi connectivity index (χ1n) is 16.3. The van der Waals surface area contributed by atoms with E-state index in [1.165, 1.54) is 27.3 Å². The minimum Gasteiger partial charge on any atom is -0.506 e. The first-order chi connectivity index (χ1) is 25.2. The highest BCUT2D eigenvalue weighted by Crippen LogP contribution is 2.39. The number of fused-ring (bicyclic) bond motifs is 3. The van der Waals surface area contributed by atoms with Gasteiger partial charge >= 0.3 is 15.9 Å². The molecule has 4 amide bonds. The Bertz CT molecular complexity index is 2810. The number of phenols is 1. The van der Waals surface area contributed by atoms with E-state index in [0.29, 0.717) is 26.5 Å². The Morgan fingerprint density at radius 2 is 1.70 bits per heavy atom. The number of imidazole rings is 1. The summed E-state index contributed by atoms with van der Waals surface area (Å²) in [4.78, 5) is 62.3. The molecule has 4 aromatic carbocycles. The Balaban J connectivity index is 1.03. The van der Waals surface area contributed by atoms with Crippen LogP contribution in [-0.4, -0.2) is 62.6 Å². The minimum atomic E-state index is -4.37. The number of amides is 4. The van der Waals surface area contributed by atoms with Crippen LogP contribution in [0.4, 0.5) is 15.8 Å². The van der Waals surface area contributed by atoms with Crippen LogP contribution in [0.3, 0.4) is 0 Å². The smallest absolute Gasteiger partial charge is 0.329 e. The van der Waals surface area contributed by atoms with Gasteiger partial charge in [0.15, 0.2) is 5.82 Å². The van der Waals surface area contributed by atoms with Crippen molar-refractivity contribution in [3.05, 3.63) is 82.7 Å². The average Bonchev–Trinajstić information content (AvgIpc) is 3.65. The summed E-state index contributed by atoms with van der Waals surface area (Å²) in [6, 6.07) is 15.6. The molecule has 1 unspecified atom stereocenters. The fraction of sp³-hybridized carbons (Fsp3) is 0.200. The van der Waals surface area contributed by atoms with Crippen molar-refractivity contribution in [2.24, 2.45) is 7.05 Å². The van der Waals surface area contributed by atoms with Crippen LogP contribution in [0.1, 0.15) is 24.6 Å². The summed E-state index contributed by atoms with van der Waals surface area (Å²) in [5.41, 5.74) is 3.41. The molecule has 2 aliphatic heterocycles. The number of hydrogen-bond acceptors (Lipinski definition) is 9. The Kier molecular flexibility index (Phi) is 7.61. The molecule has 270 valence electrons. The maximum Gasteiger partial charge on any atom is 0.329 e. The summed E-state index contributed by atoms with van der Waals surface area (Å²) >= 11 is 0. The Morgan fingerprint density at radius 3 is 2.42 bits per heavy atom. The number of benzene rings is 4. The number of piperidine rings is 1. The second-order valence-corrected chi connectivity index (χ2v) is 14.5. The molecule has 53 heavy (non-hydrogen) atoms. The van der Waals surface area contributed by atoms with E-state index >= 15 is 4.39 Å². The van der Waals surface area contributed by atoms with Crippen molar-refractivity contribution < 1.29 is 37.1 Å².